The molecule has 0 aliphatic carbocycles. The van der Waals surface area contributed by atoms with Crippen LogP contribution in [0.25, 0.3) is 10.9 Å². The van der Waals surface area contributed by atoms with Gasteiger partial charge in [0.1, 0.15) is 0 Å². The predicted octanol–water partition coefficient (Wildman–Crippen LogP) is 4.38. The molecule has 5 rings (SSSR count). The number of carbonyl (C=O) groups is 2. The maximum absolute atomic E-state index is 12.9. The number of piperidine rings is 1. The molecule has 0 bridgehead atoms. The Kier molecular flexibility index (Phi) is 4.79. The minimum absolute atomic E-state index is 0.0734. The summed E-state index contributed by atoms with van der Waals surface area (Å²) in [5, 5.41) is 3.85. The molecule has 6 heteroatoms. The van der Waals surface area contributed by atoms with Crippen LogP contribution in [0.4, 0.5) is 5.69 Å². The molecular weight excluding hydrogens is 382 g/mol. The molecule has 3 heterocycles. The Bertz CT molecular complexity index is 1070. The lowest BCUT2D eigenvalue weighted by atomic mass is 9.89. The van der Waals surface area contributed by atoms with Crippen molar-refractivity contribution in [3.63, 3.8) is 0 Å². The van der Waals surface area contributed by atoms with Crippen LogP contribution in [0.3, 0.4) is 0 Å². The highest BCUT2D eigenvalue weighted by Crippen LogP contribution is 2.37. The molecule has 2 N–H and O–H groups in total. The van der Waals surface area contributed by atoms with Crippen LogP contribution in [0.2, 0.25) is 0 Å². The second-order valence-electron chi connectivity index (χ2n) is 7.74. The molecule has 2 aliphatic rings. The number of benzene rings is 2. The second-order valence-corrected chi connectivity index (χ2v) is 8.99. The molecular formula is C23H23N3O2S. The summed E-state index contributed by atoms with van der Waals surface area (Å²) in [6, 6.07) is 16.1. The number of aromatic nitrogens is 1. The summed E-state index contributed by atoms with van der Waals surface area (Å²) in [4.78, 5) is 31.6. The summed E-state index contributed by atoms with van der Waals surface area (Å²) in [7, 11) is 0. The number of hydrogen-bond acceptors (Lipinski definition) is 3. The third-order valence-corrected chi connectivity index (χ3v) is 7.25. The van der Waals surface area contributed by atoms with Crippen molar-refractivity contribution in [3.05, 3.63) is 60.3 Å². The molecule has 2 amide bonds. The Balaban J connectivity index is 1.21. The lowest BCUT2D eigenvalue weighted by molar-refractivity contribution is -0.133. The van der Waals surface area contributed by atoms with Crippen molar-refractivity contribution >= 4 is 40.2 Å². The molecule has 0 radical (unpaired) electrons. The second kappa shape index (κ2) is 7.59. The van der Waals surface area contributed by atoms with E-state index in [-0.39, 0.29) is 23.5 Å². The molecule has 1 saturated heterocycles. The standard InChI is InChI=1S/C23H23N3O2S/c27-22(13-21-23(28)25-19-7-3-4-8-20(19)29-21)26-11-9-15(10-12-26)17-14-24-18-6-2-1-5-16(17)18/h1-8,14-15,21,24H,9-13H2,(H,25,28). The maximum Gasteiger partial charge on any atom is 0.238 e. The predicted molar refractivity (Wildman–Crippen MR) is 116 cm³/mol. The van der Waals surface area contributed by atoms with E-state index in [2.05, 4.69) is 34.7 Å². The van der Waals surface area contributed by atoms with Crippen molar-refractivity contribution in [3.8, 4) is 0 Å². The van der Waals surface area contributed by atoms with Gasteiger partial charge in [-0.3, -0.25) is 9.59 Å². The van der Waals surface area contributed by atoms with Crippen LogP contribution in [0.5, 0.6) is 0 Å². The number of para-hydroxylation sites is 2. The quantitative estimate of drug-likeness (QED) is 0.680. The van der Waals surface area contributed by atoms with Gasteiger partial charge < -0.3 is 15.2 Å². The lowest BCUT2D eigenvalue weighted by Crippen LogP contribution is -2.41. The Morgan fingerprint density at radius 2 is 1.83 bits per heavy atom. The van der Waals surface area contributed by atoms with Crippen molar-refractivity contribution in [2.75, 3.05) is 18.4 Å². The average Bonchev–Trinajstić information content (AvgIpc) is 3.18. The highest BCUT2D eigenvalue weighted by Gasteiger charge is 2.32. The number of likely N-dealkylation sites (tertiary alicyclic amines) is 1. The van der Waals surface area contributed by atoms with Crippen molar-refractivity contribution in [2.45, 2.75) is 35.3 Å². The molecule has 1 fully saturated rings. The highest BCUT2D eigenvalue weighted by atomic mass is 32.2. The molecule has 1 unspecified atom stereocenters. The number of nitrogens with one attached hydrogen (secondary N) is 2. The molecule has 0 spiro atoms. The Hall–Kier alpha value is -2.73. The third-order valence-electron chi connectivity index (χ3n) is 5.98. The third kappa shape index (κ3) is 3.53. The molecule has 2 aliphatic heterocycles. The zero-order valence-electron chi connectivity index (χ0n) is 16.1. The fraction of sp³-hybridized carbons (Fsp3) is 0.304. The summed E-state index contributed by atoms with van der Waals surface area (Å²) < 4.78 is 0. The number of anilines is 1. The van der Waals surface area contributed by atoms with E-state index < -0.39 is 0 Å². The zero-order valence-corrected chi connectivity index (χ0v) is 16.9. The minimum atomic E-state index is -0.358. The van der Waals surface area contributed by atoms with Crippen molar-refractivity contribution in [1.82, 2.24) is 9.88 Å². The summed E-state index contributed by atoms with van der Waals surface area (Å²) in [6.45, 7) is 1.50. The largest absolute Gasteiger partial charge is 0.361 e. The number of carbonyl (C=O) groups excluding carboxylic acids is 2. The van der Waals surface area contributed by atoms with Crippen LogP contribution < -0.4 is 5.32 Å². The first kappa shape index (κ1) is 18.3. The normalized spacial score (nSPS) is 19.8. The van der Waals surface area contributed by atoms with E-state index >= 15 is 0 Å². The van der Waals surface area contributed by atoms with Gasteiger partial charge in [-0.05, 0) is 42.5 Å². The molecule has 1 aromatic heterocycles. The first-order chi connectivity index (χ1) is 14.2. The summed E-state index contributed by atoms with van der Waals surface area (Å²) in [5.74, 6) is 0.472. The van der Waals surface area contributed by atoms with Gasteiger partial charge in [0.05, 0.1) is 10.9 Å². The lowest BCUT2D eigenvalue weighted by Gasteiger charge is -2.33. The van der Waals surface area contributed by atoms with Crippen LogP contribution >= 0.6 is 11.8 Å². The Morgan fingerprint density at radius 1 is 1.07 bits per heavy atom. The summed E-state index contributed by atoms with van der Waals surface area (Å²) in [5.41, 5.74) is 3.36. The number of hydrogen-bond donors (Lipinski definition) is 2. The molecule has 3 aromatic rings. The topological polar surface area (TPSA) is 65.2 Å². The van der Waals surface area contributed by atoms with Gasteiger partial charge in [0.25, 0.3) is 0 Å². The Labute approximate surface area is 173 Å². The van der Waals surface area contributed by atoms with Crippen LogP contribution in [0.15, 0.2) is 59.6 Å². The van der Waals surface area contributed by atoms with E-state index in [1.165, 1.54) is 28.2 Å². The van der Waals surface area contributed by atoms with Crippen molar-refractivity contribution < 1.29 is 9.59 Å². The molecule has 1 atom stereocenters. The smallest absolute Gasteiger partial charge is 0.238 e. The van der Waals surface area contributed by atoms with E-state index in [1.54, 1.807) is 0 Å². The maximum atomic E-state index is 12.9. The summed E-state index contributed by atoms with van der Waals surface area (Å²) in [6.07, 6.45) is 4.29. The first-order valence-electron chi connectivity index (χ1n) is 10.1. The number of rotatable bonds is 3. The van der Waals surface area contributed by atoms with E-state index in [1.807, 2.05) is 35.2 Å². The number of nitrogens with zero attached hydrogens (tertiary/aromatic N) is 1. The Morgan fingerprint density at radius 3 is 2.69 bits per heavy atom. The first-order valence-corrected chi connectivity index (χ1v) is 11.0. The van der Waals surface area contributed by atoms with Crippen molar-refractivity contribution in [1.29, 1.82) is 0 Å². The van der Waals surface area contributed by atoms with Crippen molar-refractivity contribution in [2.24, 2.45) is 0 Å². The van der Waals surface area contributed by atoms with Gasteiger partial charge in [0.15, 0.2) is 0 Å². The van der Waals surface area contributed by atoms with Gasteiger partial charge in [0.2, 0.25) is 11.8 Å². The monoisotopic (exact) mass is 405 g/mol. The number of thioether (sulfide) groups is 1. The van der Waals surface area contributed by atoms with Crippen LogP contribution in [-0.2, 0) is 9.59 Å². The average molecular weight is 406 g/mol. The zero-order chi connectivity index (χ0) is 19.8. The molecule has 5 nitrogen and oxygen atoms in total. The number of fused-ring (bicyclic) bond motifs is 2. The van der Waals surface area contributed by atoms with Gasteiger partial charge in [-0.25, -0.2) is 0 Å². The van der Waals surface area contributed by atoms with Crippen LogP contribution in [-0.4, -0.2) is 40.0 Å². The number of amides is 2. The number of H-pyrrole nitrogens is 1. The van der Waals surface area contributed by atoms with Gasteiger partial charge >= 0.3 is 0 Å². The van der Waals surface area contributed by atoms with E-state index in [4.69, 9.17) is 0 Å². The van der Waals surface area contributed by atoms with Gasteiger partial charge in [-0.15, -0.1) is 11.8 Å². The van der Waals surface area contributed by atoms with Crippen LogP contribution in [0, 0.1) is 0 Å². The van der Waals surface area contributed by atoms with Gasteiger partial charge in [-0.2, -0.15) is 0 Å². The highest BCUT2D eigenvalue weighted by molar-refractivity contribution is 8.01. The van der Waals surface area contributed by atoms with Gasteiger partial charge in [-0.1, -0.05) is 30.3 Å². The summed E-state index contributed by atoms with van der Waals surface area (Å²) >= 11 is 1.49. The SMILES string of the molecule is O=C1Nc2ccccc2SC1CC(=O)N1CCC(c2c[nH]c3ccccc23)CC1. The minimum Gasteiger partial charge on any atom is -0.361 e. The fourth-order valence-corrected chi connectivity index (χ4v) is 5.49. The molecule has 2 aromatic carbocycles. The molecule has 0 saturated carbocycles. The fourth-order valence-electron chi connectivity index (χ4n) is 4.39. The van der Waals surface area contributed by atoms with E-state index in [0.29, 0.717) is 5.92 Å². The molecule has 29 heavy (non-hydrogen) atoms. The number of aromatic amines is 1. The van der Waals surface area contributed by atoms with Gasteiger partial charge in [0, 0.05) is 41.5 Å². The molecule has 148 valence electrons. The van der Waals surface area contributed by atoms with E-state index in [9.17, 15) is 9.59 Å². The van der Waals surface area contributed by atoms with Crippen LogP contribution in [0.1, 0.15) is 30.7 Å². The van der Waals surface area contributed by atoms with E-state index in [0.717, 1.165) is 36.5 Å².